The fraction of sp³-hybridized carbons (Fsp3) is 1.00. The molecule has 0 bridgehead atoms. The van der Waals surface area contributed by atoms with Crippen LogP contribution in [0.25, 0.3) is 0 Å². The van der Waals surface area contributed by atoms with Gasteiger partial charge in [0.05, 0.1) is 11.9 Å². The first-order chi connectivity index (χ1) is 8.99. The van der Waals surface area contributed by atoms with Crippen LogP contribution in [-0.4, -0.2) is 56.4 Å². The molecule has 0 aromatic rings. The minimum atomic E-state index is -3.22. The second-order valence-electron chi connectivity index (χ2n) is 5.87. The van der Waals surface area contributed by atoms with Gasteiger partial charge in [-0.05, 0) is 46.1 Å². The highest BCUT2D eigenvalue weighted by atomic mass is 32.2. The predicted molar refractivity (Wildman–Crippen MR) is 75.6 cm³/mol. The normalized spacial score (nSPS) is 28.6. The van der Waals surface area contributed by atoms with Crippen molar-refractivity contribution in [3.05, 3.63) is 0 Å². The van der Waals surface area contributed by atoms with E-state index in [9.17, 15) is 8.42 Å². The minimum absolute atomic E-state index is 0.00815. The first kappa shape index (κ1) is 15.2. The van der Waals surface area contributed by atoms with Crippen molar-refractivity contribution in [2.24, 2.45) is 0 Å². The molecule has 0 aliphatic carbocycles. The summed E-state index contributed by atoms with van der Waals surface area (Å²) in [6.07, 6.45) is 3.95. The highest BCUT2D eigenvalue weighted by molar-refractivity contribution is 7.89. The molecule has 2 atom stereocenters. The Morgan fingerprint density at radius 2 is 2.11 bits per heavy atom. The van der Waals surface area contributed by atoms with Gasteiger partial charge in [0.15, 0.2) is 0 Å². The summed E-state index contributed by atoms with van der Waals surface area (Å²) in [6.45, 7) is 6.19. The van der Waals surface area contributed by atoms with Crippen molar-refractivity contribution in [3.8, 4) is 0 Å². The van der Waals surface area contributed by atoms with Crippen LogP contribution in [-0.2, 0) is 14.8 Å². The van der Waals surface area contributed by atoms with Crippen molar-refractivity contribution in [2.45, 2.75) is 57.7 Å². The molecular weight excluding hydrogens is 264 g/mol. The summed E-state index contributed by atoms with van der Waals surface area (Å²) in [5.41, 5.74) is 0. The fourth-order valence-electron chi connectivity index (χ4n) is 2.88. The van der Waals surface area contributed by atoms with E-state index in [-0.39, 0.29) is 17.9 Å². The molecule has 19 heavy (non-hydrogen) atoms. The van der Waals surface area contributed by atoms with Gasteiger partial charge in [-0.1, -0.05) is 0 Å². The van der Waals surface area contributed by atoms with Gasteiger partial charge in [-0.3, -0.25) is 0 Å². The van der Waals surface area contributed by atoms with E-state index in [2.05, 4.69) is 5.32 Å². The first-order valence-corrected chi connectivity index (χ1v) is 8.94. The van der Waals surface area contributed by atoms with Crippen LogP contribution in [0.5, 0.6) is 0 Å². The highest BCUT2D eigenvalue weighted by Gasteiger charge is 2.32. The average Bonchev–Trinajstić information content (AvgIpc) is 2.96. The van der Waals surface area contributed by atoms with Gasteiger partial charge in [-0.25, -0.2) is 8.42 Å². The van der Waals surface area contributed by atoms with E-state index in [1.165, 1.54) is 0 Å². The molecule has 2 fully saturated rings. The van der Waals surface area contributed by atoms with Gasteiger partial charge < -0.3 is 10.1 Å². The second-order valence-corrected chi connectivity index (χ2v) is 7.84. The van der Waals surface area contributed by atoms with E-state index in [0.717, 1.165) is 32.2 Å². The summed E-state index contributed by atoms with van der Waals surface area (Å²) in [5, 5.41) is 3.37. The van der Waals surface area contributed by atoms with E-state index >= 15 is 0 Å². The number of nitrogens with one attached hydrogen (secondary N) is 1. The topological polar surface area (TPSA) is 58.6 Å². The van der Waals surface area contributed by atoms with Crippen molar-refractivity contribution in [3.63, 3.8) is 0 Å². The van der Waals surface area contributed by atoms with Gasteiger partial charge in [-0.15, -0.1) is 0 Å². The average molecular weight is 290 g/mol. The van der Waals surface area contributed by atoms with Crippen molar-refractivity contribution in [1.29, 1.82) is 0 Å². The smallest absolute Gasteiger partial charge is 0.216 e. The Hall–Kier alpha value is -0.170. The molecular formula is C13H26N2O3S. The molecule has 0 aromatic heterocycles. The lowest BCUT2D eigenvalue weighted by Crippen LogP contribution is -2.46. The van der Waals surface area contributed by atoms with E-state index in [4.69, 9.17) is 4.74 Å². The second kappa shape index (κ2) is 6.52. The molecule has 0 aromatic carbocycles. The maximum Gasteiger partial charge on any atom is 0.216 e. The van der Waals surface area contributed by atoms with Crippen molar-refractivity contribution in [2.75, 3.05) is 25.4 Å². The zero-order valence-electron chi connectivity index (χ0n) is 12.0. The lowest BCUT2D eigenvalue weighted by atomic mass is 10.2. The van der Waals surface area contributed by atoms with E-state index in [0.29, 0.717) is 19.2 Å². The van der Waals surface area contributed by atoms with Crippen LogP contribution in [0.4, 0.5) is 0 Å². The Kier molecular flexibility index (Phi) is 5.22. The largest absolute Gasteiger partial charge is 0.377 e. The van der Waals surface area contributed by atoms with Crippen LogP contribution in [0, 0.1) is 0 Å². The molecule has 2 unspecified atom stereocenters. The molecule has 0 spiro atoms. The van der Waals surface area contributed by atoms with Gasteiger partial charge in [0, 0.05) is 25.2 Å². The molecule has 5 nitrogen and oxygen atoms in total. The quantitative estimate of drug-likeness (QED) is 0.791. The maximum atomic E-state index is 12.5. The summed E-state index contributed by atoms with van der Waals surface area (Å²) >= 11 is 0. The first-order valence-electron chi connectivity index (χ1n) is 7.33. The molecule has 112 valence electrons. The van der Waals surface area contributed by atoms with Crippen LogP contribution in [0.3, 0.4) is 0 Å². The molecule has 6 heteroatoms. The maximum absolute atomic E-state index is 12.5. The summed E-state index contributed by atoms with van der Waals surface area (Å²) in [6, 6.07) is 0.315. The summed E-state index contributed by atoms with van der Waals surface area (Å²) in [7, 11) is -3.22. The molecule has 0 radical (unpaired) electrons. The Balaban J connectivity index is 1.99. The Morgan fingerprint density at radius 3 is 2.63 bits per heavy atom. The standard InChI is InChI=1S/C13H26N2O3S/c1-11(2)15(9-12-5-3-7-14-12)19(16,17)10-13-6-4-8-18-13/h11-14H,3-10H2,1-2H3. The Labute approximate surface area is 116 Å². The van der Waals surface area contributed by atoms with Crippen molar-refractivity contribution < 1.29 is 13.2 Å². The SMILES string of the molecule is CC(C)N(CC1CCCN1)S(=O)(=O)CC1CCCO1. The lowest BCUT2D eigenvalue weighted by Gasteiger charge is -2.29. The van der Waals surface area contributed by atoms with Gasteiger partial charge in [0.1, 0.15) is 0 Å². The van der Waals surface area contributed by atoms with Crippen LogP contribution in [0.15, 0.2) is 0 Å². The van der Waals surface area contributed by atoms with E-state index in [1.807, 2.05) is 13.8 Å². The zero-order valence-corrected chi connectivity index (χ0v) is 12.8. The molecule has 1 N–H and O–H groups in total. The van der Waals surface area contributed by atoms with Crippen LogP contribution in [0.2, 0.25) is 0 Å². The number of ether oxygens (including phenoxy) is 1. The summed E-state index contributed by atoms with van der Waals surface area (Å²) in [5.74, 6) is 0.137. The molecule has 0 amide bonds. The third-order valence-electron chi connectivity index (χ3n) is 3.92. The molecule has 2 aliphatic heterocycles. The number of rotatable bonds is 6. The fourth-order valence-corrected chi connectivity index (χ4v) is 4.86. The minimum Gasteiger partial charge on any atom is -0.377 e. The molecule has 2 heterocycles. The molecule has 2 aliphatic rings. The van der Waals surface area contributed by atoms with E-state index in [1.54, 1.807) is 4.31 Å². The van der Waals surface area contributed by atoms with Crippen molar-refractivity contribution >= 4 is 10.0 Å². The monoisotopic (exact) mass is 290 g/mol. The number of nitrogens with zero attached hydrogens (tertiary/aromatic N) is 1. The van der Waals surface area contributed by atoms with Gasteiger partial charge >= 0.3 is 0 Å². The predicted octanol–water partition coefficient (Wildman–Crippen LogP) is 0.958. The van der Waals surface area contributed by atoms with Crippen LogP contribution in [0.1, 0.15) is 39.5 Å². The van der Waals surface area contributed by atoms with Crippen LogP contribution < -0.4 is 5.32 Å². The molecule has 2 saturated heterocycles. The van der Waals surface area contributed by atoms with Gasteiger partial charge in [0.25, 0.3) is 0 Å². The summed E-state index contributed by atoms with van der Waals surface area (Å²) < 4.78 is 32.2. The van der Waals surface area contributed by atoms with Gasteiger partial charge in [0.2, 0.25) is 10.0 Å². The number of sulfonamides is 1. The summed E-state index contributed by atoms with van der Waals surface area (Å²) in [4.78, 5) is 0. The van der Waals surface area contributed by atoms with Gasteiger partial charge in [-0.2, -0.15) is 4.31 Å². The Bertz CT molecular complexity index is 371. The van der Waals surface area contributed by atoms with Crippen molar-refractivity contribution in [1.82, 2.24) is 9.62 Å². The zero-order chi connectivity index (χ0) is 13.9. The number of hydrogen-bond donors (Lipinski definition) is 1. The van der Waals surface area contributed by atoms with Crippen LogP contribution >= 0.6 is 0 Å². The highest BCUT2D eigenvalue weighted by Crippen LogP contribution is 2.19. The Morgan fingerprint density at radius 1 is 1.32 bits per heavy atom. The molecule has 0 saturated carbocycles. The third kappa shape index (κ3) is 4.15. The third-order valence-corrected chi connectivity index (χ3v) is 5.99. The van der Waals surface area contributed by atoms with E-state index < -0.39 is 10.0 Å². The lowest BCUT2D eigenvalue weighted by molar-refractivity contribution is 0.126. The number of hydrogen-bond acceptors (Lipinski definition) is 4. The molecule has 2 rings (SSSR count).